The molecule has 2 unspecified atom stereocenters. The van der Waals surface area contributed by atoms with E-state index in [-0.39, 0.29) is 0 Å². The molecule has 2 atom stereocenters. The van der Waals surface area contributed by atoms with Crippen molar-refractivity contribution >= 4 is 0 Å². The summed E-state index contributed by atoms with van der Waals surface area (Å²) >= 11 is 0. The van der Waals surface area contributed by atoms with Crippen LogP contribution in [0.2, 0.25) is 0 Å². The summed E-state index contributed by atoms with van der Waals surface area (Å²) in [4.78, 5) is 0. The lowest BCUT2D eigenvalue weighted by Crippen LogP contribution is -2.06. The standard InChI is InChI=1S/C26H52O2/c1-3-5-7-9-11-13-15-17-20-25(19-16-14-12-10-8-6-4-2)21-18-22-27-23-26-24-28-26/h25-26H,3-24H2,1-2H3. The lowest BCUT2D eigenvalue weighted by molar-refractivity contribution is 0.109. The maximum absolute atomic E-state index is 5.75. The van der Waals surface area contributed by atoms with Crippen LogP contribution < -0.4 is 0 Å². The number of hydrogen-bond acceptors (Lipinski definition) is 2. The highest BCUT2D eigenvalue weighted by Crippen LogP contribution is 2.23. The van der Waals surface area contributed by atoms with Crippen LogP contribution in [0.5, 0.6) is 0 Å². The van der Waals surface area contributed by atoms with Gasteiger partial charge in [0.05, 0.1) is 13.2 Å². The van der Waals surface area contributed by atoms with Crippen molar-refractivity contribution in [2.75, 3.05) is 19.8 Å². The summed E-state index contributed by atoms with van der Waals surface area (Å²) in [6.07, 6.45) is 27.5. The van der Waals surface area contributed by atoms with Gasteiger partial charge in [-0.3, -0.25) is 0 Å². The molecule has 1 aliphatic heterocycles. The third kappa shape index (κ3) is 18.0. The molecule has 0 radical (unpaired) electrons. The van der Waals surface area contributed by atoms with Crippen molar-refractivity contribution in [3.05, 3.63) is 0 Å². The predicted octanol–water partition coefficient (Wildman–Crippen LogP) is 8.47. The number of rotatable bonds is 23. The molecule has 1 saturated heterocycles. The van der Waals surface area contributed by atoms with Gasteiger partial charge in [0.2, 0.25) is 0 Å². The average Bonchev–Trinajstić information content (AvgIpc) is 3.52. The zero-order valence-corrected chi connectivity index (χ0v) is 19.5. The van der Waals surface area contributed by atoms with Gasteiger partial charge >= 0.3 is 0 Å². The second kappa shape index (κ2) is 20.2. The first-order valence-corrected chi connectivity index (χ1v) is 13.1. The number of hydrogen-bond donors (Lipinski definition) is 0. The molecule has 0 aromatic heterocycles. The predicted molar refractivity (Wildman–Crippen MR) is 123 cm³/mol. The van der Waals surface area contributed by atoms with E-state index in [0.717, 1.165) is 25.7 Å². The van der Waals surface area contributed by atoms with E-state index >= 15 is 0 Å². The van der Waals surface area contributed by atoms with Crippen LogP contribution in [0.1, 0.15) is 136 Å². The molecule has 168 valence electrons. The summed E-state index contributed by atoms with van der Waals surface area (Å²) in [6, 6.07) is 0. The third-order valence-corrected chi connectivity index (χ3v) is 6.29. The SMILES string of the molecule is CCCCCCCCCCC(CCCCCCCCC)CCCOCC1CO1. The highest BCUT2D eigenvalue weighted by atomic mass is 16.6. The Labute approximate surface area is 177 Å². The molecule has 0 aromatic carbocycles. The van der Waals surface area contributed by atoms with Gasteiger partial charge in [-0.25, -0.2) is 0 Å². The fourth-order valence-corrected chi connectivity index (χ4v) is 4.24. The van der Waals surface area contributed by atoms with Crippen LogP contribution >= 0.6 is 0 Å². The van der Waals surface area contributed by atoms with Crippen molar-refractivity contribution < 1.29 is 9.47 Å². The molecule has 1 heterocycles. The molecule has 28 heavy (non-hydrogen) atoms. The number of epoxide rings is 1. The number of ether oxygens (including phenoxy) is 2. The van der Waals surface area contributed by atoms with Crippen LogP contribution in [0.15, 0.2) is 0 Å². The van der Waals surface area contributed by atoms with E-state index in [1.54, 1.807) is 0 Å². The van der Waals surface area contributed by atoms with E-state index in [2.05, 4.69) is 13.8 Å². The average molecular weight is 397 g/mol. The molecular weight excluding hydrogens is 344 g/mol. The first kappa shape index (κ1) is 26.0. The Morgan fingerprint density at radius 3 is 1.54 bits per heavy atom. The summed E-state index contributed by atoms with van der Waals surface area (Å²) in [6.45, 7) is 7.28. The first-order valence-electron chi connectivity index (χ1n) is 13.1. The van der Waals surface area contributed by atoms with Gasteiger partial charge in [0.1, 0.15) is 6.10 Å². The van der Waals surface area contributed by atoms with Crippen molar-refractivity contribution in [3.63, 3.8) is 0 Å². The van der Waals surface area contributed by atoms with Crippen LogP contribution in [0.25, 0.3) is 0 Å². The van der Waals surface area contributed by atoms with E-state index in [1.807, 2.05) is 0 Å². The minimum Gasteiger partial charge on any atom is -0.379 e. The summed E-state index contributed by atoms with van der Waals surface area (Å²) in [5, 5.41) is 0. The summed E-state index contributed by atoms with van der Waals surface area (Å²) in [5.41, 5.74) is 0. The Morgan fingerprint density at radius 1 is 0.643 bits per heavy atom. The number of unbranched alkanes of at least 4 members (excludes halogenated alkanes) is 13. The van der Waals surface area contributed by atoms with Gasteiger partial charge in [-0.05, 0) is 18.8 Å². The maximum Gasteiger partial charge on any atom is 0.104 e. The van der Waals surface area contributed by atoms with E-state index in [4.69, 9.17) is 9.47 Å². The van der Waals surface area contributed by atoms with Gasteiger partial charge in [-0.1, -0.05) is 123 Å². The van der Waals surface area contributed by atoms with Gasteiger partial charge in [-0.15, -0.1) is 0 Å². The van der Waals surface area contributed by atoms with Crippen LogP contribution in [-0.2, 0) is 9.47 Å². The van der Waals surface area contributed by atoms with Crippen molar-refractivity contribution in [3.8, 4) is 0 Å². The van der Waals surface area contributed by atoms with E-state index in [1.165, 1.54) is 122 Å². The topological polar surface area (TPSA) is 21.8 Å². The molecule has 0 spiro atoms. The van der Waals surface area contributed by atoms with Crippen molar-refractivity contribution in [1.29, 1.82) is 0 Å². The Bertz CT molecular complexity index is 301. The molecule has 0 aromatic rings. The largest absolute Gasteiger partial charge is 0.379 e. The van der Waals surface area contributed by atoms with Gasteiger partial charge in [0.25, 0.3) is 0 Å². The van der Waals surface area contributed by atoms with E-state index < -0.39 is 0 Å². The molecule has 2 nitrogen and oxygen atoms in total. The fourth-order valence-electron chi connectivity index (χ4n) is 4.24. The van der Waals surface area contributed by atoms with Gasteiger partial charge in [-0.2, -0.15) is 0 Å². The molecule has 1 fully saturated rings. The van der Waals surface area contributed by atoms with Crippen LogP contribution in [0.4, 0.5) is 0 Å². The van der Waals surface area contributed by atoms with E-state index in [9.17, 15) is 0 Å². The van der Waals surface area contributed by atoms with Gasteiger partial charge in [0.15, 0.2) is 0 Å². The normalized spacial score (nSPS) is 17.1. The lowest BCUT2D eigenvalue weighted by Gasteiger charge is -2.17. The summed E-state index contributed by atoms with van der Waals surface area (Å²) in [7, 11) is 0. The second-order valence-corrected chi connectivity index (χ2v) is 9.21. The molecule has 0 saturated carbocycles. The highest BCUT2D eigenvalue weighted by molar-refractivity contribution is 4.67. The quantitative estimate of drug-likeness (QED) is 0.128. The van der Waals surface area contributed by atoms with Gasteiger partial charge < -0.3 is 9.47 Å². The fraction of sp³-hybridized carbons (Fsp3) is 1.00. The first-order chi connectivity index (χ1) is 13.9. The van der Waals surface area contributed by atoms with Crippen molar-refractivity contribution in [1.82, 2.24) is 0 Å². The minimum atomic E-state index is 0.417. The summed E-state index contributed by atoms with van der Waals surface area (Å²) < 4.78 is 11.0. The molecule has 0 amide bonds. The lowest BCUT2D eigenvalue weighted by atomic mass is 9.90. The zero-order valence-electron chi connectivity index (χ0n) is 19.5. The molecule has 1 rings (SSSR count). The summed E-state index contributed by atoms with van der Waals surface area (Å²) in [5.74, 6) is 0.941. The Balaban J connectivity index is 2.03. The third-order valence-electron chi connectivity index (χ3n) is 6.29. The van der Waals surface area contributed by atoms with Gasteiger partial charge in [0, 0.05) is 6.61 Å². The van der Waals surface area contributed by atoms with Crippen molar-refractivity contribution in [2.45, 2.75) is 142 Å². The van der Waals surface area contributed by atoms with Crippen LogP contribution in [-0.4, -0.2) is 25.9 Å². The Hall–Kier alpha value is -0.0800. The molecule has 0 aliphatic carbocycles. The minimum absolute atomic E-state index is 0.417. The molecule has 2 heteroatoms. The molecule has 0 bridgehead atoms. The van der Waals surface area contributed by atoms with Crippen LogP contribution in [0.3, 0.4) is 0 Å². The molecular formula is C26H52O2. The Kier molecular flexibility index (Phi) is 18.7. The smallest absolute Gasteiger partial charge is 0.104 e. The monoisotopic (exact) mass is 396 g/mol. The molecule has 1 aliphatic rings. The zero-order chi connectivity index (χ0) is 20.1. The second-order valence-electron chi connectivity index (χ2n) is 9.21. The maximum atomic E-state index is 5.75. The Morgan fingerprint density at radius 2 is 1.07 bits per heavy atom. The van der Waals surface area contributed by atoms with Crippen LogP contribution in [0, 0.1) is 5.92 Å². The highest BCUT2D eigenvalue weighted by Gasteiger charge is 2.22. The van der Waals surface area contributed by atoms with Crippen molar-refractivity contribution in [2.24, 2.45) is 5.92 Å². The van der Waals surface area contributed by atoms with E-state index in [0.29, 0.717) is 6.10 Å². The molecule has 0 N–H and O–H groups in total.